The van der Waals surface area contributed by atoms with Gasteiger partial charge in [0.1, 0.15) is 0 Å². The molecule has 0 saturated carbocycles. The van der Waals surface area contributed by atoms with Gasteiger partial charge in [0.2, 0.25) is 0 Å². The van der Waals surface area contributed by atoms with Crippen molar-refractivity contribution in [2.75, 3.05) is 70.3 Å². The first-order valence-corrected chi connectivity index (χ1v) is 45.7. The number of thiocarbonyl (C=S) groups is 6. The van der Waals surface area contributed by atoms with Gasteiger partial charge in [0.15, 0.2) is 30.7 Å². The maximum Gasteiger partial charge on any atom is 0.175 e. The van der Waals surface area contributed by atoms with Crippen LogP contribution in [0.25, 0.3) is 0 Å². The highest BCUT2D eigenvalue weighted by molar-refractivity contribution is 7.81. The molecule has 0 radical (unpaired) electrons. The molecular weight excluding hydrogens is 1650 g/mol. The molecule has 0 aliphatic rings. The molecule has 0 spiro atoms. The summed E-state index contributed by atoms with van der Waals surface area (Å²) < 4.78 is 0. The molecule has 0 saturated heterocycles. The maximum atomic E-state index is 5.57. The van der Waals surface area contributed by atoms with Crippen molar-refractivity contribution in [1.29, 1.82) is 0 Å². The Balaban J connectivity index is 0.000000232. The number of aryl methyl sites for hydroxylation is 10. The lowest BCUT2D eigenvalue weighted by Gasteiger charge is -2.12. The van der Waals surface area contributed by atoms with E-state index in [0.29, 0.717) is 43.8 Å². The molecule has 0 amide bonds. The van der Waals surface area contributed by atoms with Crippen LogP contribution in [0.5, 0.6) is 0 Å². The quantitative estimate of drug-likeness (QED) is 0.0207. The molecule has 0 aliphatic carbocycles. The third kappa shape index (κ3) is 40.5. The van der Waals surface area contributed by atoms with Crippen LogP contribution in [0.4, 0.5) is 68.2 Å². The van der Waals surface area contributed by atoms with Gasteiger partial charge >= 0.3 is 0 Å². The number of nitrogens with two attached hydrogens (primary N) is 2. The summed E-state index contributed by atoms with van der Waals surface area (Å²) in [6.07, 6.45) is 15.0. The predicted octanol–water partition coefficient (Wildman–Crippen LogP) is 27.4. The SMILES string of the molecule is C.CCCc1ccc(NC(=S)Nc2ccc(CCC)cc2)cc1.CCCc1ccc(NC(=S)Nc2ccc(CCN)cc2)cc1.CCc1ccc(NC(=S)Nc2ccc(CC)cc2)cc1.CCc1ccc(NC(=S)Nc2ccc(CC)cc2)cc1.CCc1ccc(NC(=S)Nc2ccc(CN)cc2)cc1.CCc1cccc(NC(=S)Nc2cccc(CC)c2)c1. The van der Waals surface area contributed by atoms with E-state index >= 15 is 0 Å². The monoisotopic (exact) mass is 1780 g/mol. The van der Waals surface area contributed by atoms with E-state index in [1.165, 1.54) is 74.0 Å². The van der Waals surface area contributed by atoms with Gasteiger partial charge in [-0.2, -0.15) is 0 Å². The molecule has 0 fully saturated rings. The minimum absolute atomic E-state index is 0. The Kier molecular flexibility index (Phi) is 48.2. The van der Waals surface area contributed by atoms with Gasteiger partial charge in [0.05, 0.1) is 0 Å². The van der Waals surface area contributed by atoms with Crippen LogP contribution in [0, 0.1) is 0 Å². The molecule has 125 heavy (non-hydrogen) atoms. The molecule has 16 N–H and O–H groups in total. The molecule has 0 unspecified atom stereocenters. The van der Waals surface area contributed by atoms with Crippen LogP contribution in [-0.2, 0) is 77.2 Å². The molecule has 0 aliphatic heterocycles. The smallest absolute Gasteiger partial charge is 0.175 e. The first kappa shape index (κ1) is 102. The normalized spacial score (nSPS) is 10.1. The van der Waals surface area contributed by atoms with Crippen molar-refractivity contribution < 1.29 is 0 Å². The Labute approximate surface area is 779 Å². The second kappa shape index (κ2) is 58.8. The second-order valence-corrected chi connectivity index (χ2v) is 31.8. The summed E-state index contributed by atoms with van der Waals surface area (Å²) in [4.78, 5) is 0. The van der Waals surface area contributed by atoms with Crippen molar-refractivity contribution in [3.05, 3.63) is 358 Å². The number of benzene rings is 12. The minimum atomic E-state index is 0. The number of hydrogen-bond donors (Lipinski definition) is 14. The Morgan fingerprint density at radius 2 is 0.352 bits per heavy atom. The first-order valence-electron chi connectivity index (χ1n) is 43.2. The lowest BCUT2D eigenvalue weighted by molar-refractivity contribution is 0.922. The summed E-state index contributed by atoms with van der Waals surface area (Å²) in [6.45, 7) is 22.8. The van der Waals surface area contributed by atoms with E-state index in [4.69, 9.17) is 84.8 Å². The summed E-state index contributed by atoms with van der Waals surface area (Å²) >= 11 is 32.0. The molecule has 0 aromatic heterocycles. The van der Waals surface area contributed by atoms with Gasteiger partial charge in [-0.15, -0.1) is 0 Å². The minimum Gasteiger partial charge on any atom is -0.332 e. The van der Waals surface area contributed by atoms with Gasteiger partial charge in [-0.3, -0.25) is 0 Å². The van der Waals surface area contributed by atoms with Crippen molar-refractivity contribution in [3.63, 3.8) is 0 Å². The second-order valence-electron chi connectivity index (χ2n) is 29.3. The van der Waals surface area contributed by atoms with Gasteiger partial charge in [0.25, 0.3) is 0 Å². The van der Waals surface area contributed by atoms with Gasteiger partial charge in [0, 0.05) is 74.8 Å². The highest BCUT2D eigenvalue weighted by atomic mass is 32.1. The van der Waals surface area contributed by atoms with Gasteiger partial charge in [-0.05, 0) is 363 Å². The zero-order valence-electron chi connectivity index (χ0n) is 73.6. The lowest BCUT2D eigenvalue weighted by Crippen LogP contribution is -2.19. The van der Waals surface area contributed by atoms with Crippen LogP contribution in [0.1, 0.15) is 163 Å². The highest BCUT2D eigenvalue weighted by Gasteiger charge is 2.08. The molecule has 12 aromatic rings. The van der Waals surface area contributed by atoms with Crippen molar-refractivity contribution in [2.24, 2.45) is 11.5 Å². The van der Waals surface area contributed by atoms with E-state index < -0.39 is 0 Å². The van der Waals surface area contributed by atoms with Crippen molar-refractivity contribution >= 4 is 172 Å². The van der Waals surface area contributed by atoms with Gasteiger partial charge < -0.3 is 75.3 Å². The van der Waals surface area contributed by atoms with E-state index in [2.05, 4.69) is 303 Å². The fraction of sp³-hybridized carbons (Fsp3) is 0.257. The topological polar surface area (TPSA) is 196 Å². The Bertz CT molecular complexity index is 4450. The number of nitrogens with one attached hydrogen (secondary N) is 12. The van der Waals surface area contributed by atoms with E-state index in [1.807, 2.05) is 121 Å². The molecule has 12 rings (SSSR count). The van der Waals surface area contributed by atoms with E-state index in [9.17, 15) is 0 Å². The summed E-state index contributed by atoms with van der Waals surface area (Å²) in [5.74, 6) is 0. The third-order valence-corrected chi connectivity index (χ3v) is 20.9. The summed E-state index contributed by atoms with van der Waals surface area (Å²) in [5.41, 5.74) is 38.7. The molecule has 0 heterocycles. The zero-order chi connectivity index (χ0) is 89.1. The molecule has 12 aromatic carbocycles. The fourth-order valence-corrected chi connectivity index (χ4v) is 13.8. The Morgan fingerprint density at radius 1 is 0.192 bits per heavy atom. The number of rotatable bonds is 28. The van der Waals surface area contributed by atoms with E-state index in [0.717, 1.165) is 151 Å². The van der Waals surface area contributed by atoms with Crippen molar-refractivity contribution in [3.8, 4) is 0 Å². The average Bonchev–Trinajstić information content (AvgIpc) is 0.883. The van der Waals surface area contributed by atoms with Crippen LogP contribution in [0.2, 0.25) is 0 Å². The fourth-order valence-electron chi connectivity index (χ4n) is 12.4. The summed E-state index contributed by atoms with van der Waals surface area (Å²) in [6, 6.07) is 99.5. The molecule has 14 nitrogen and oxygen atoms in total. The Hall–Kier alpha value is -11.3. The van der Waals surface area contributed by atoms with E-state index in [1.54, 1.807) is 0 Å². The van der Waals surface area contributed by atoms with E-state index in [-0.39, 0.29) is 7.43 Å². The van der Waals surface area contributed by atoms with Gasteiger partial charge in [-0.25, -0.2) is 0 Å². The maximum absolute atomic E-state index is 5.57. The molecule has 0 atom stereocenters. The van der Waals surface area contributed by atoms with Crippen LogP contribution < -0.4 is 75.3 Å². The zero-order valence-corrected chi connectivity index (χ0v) is 78.5. The van der Waals surface area contributed by atoms with Crippen LogP contribution in [-0.4, -0.2) is 37.2 Å². The number of anilines is 12. The number of hydrogen-bond acceptors (Lipinski definition) is 8. The summed E-state index contributed by atoms with van der Waals surface area (Å²) in [7, 11) is 0. The summed E-state index contributed by atoms with van der Waals surface area (Å²) in [5, 5.41) is 42.0. The van der Waals surface area contributed by atoms with Crippen molar-refractivity contribution in [2.45, 2.75) is 173 Å². The average molecular weight is 1780 g/mol. The van der Waals surface area contributed by atoms with Crippen LogP contribution in [0.3, 0.4) is 0 Å². The molecule has 656 valence electrons. The predicted molar refractivity (Wildman–Crippen MR) is 571 cm³/mol. The third-order valence-electron chi connectivity index (χ3n) is 19.6. The molecule has 0 bridgehead atoms. The molecular formula is C105H130N14S6. The lowest BCUT2D eigenvalue weighted by atomic mass is 10.1. The molecule has 20 heteroatoms. The van der Waals surface area contributed by atoms with Crippen LogP contribution >= 0.6 is 73.3 Å². The largest absolute Gasteiger partial charge is 0.332 e. The Morgan fingerprint density at radius 3 is 0.512 bits per heavy atom. The highest BCUT2D eigenvalue weighted by Crippen LogP contribution is 2.22. The standard InChI is InChI=1S/C19H24N2S.C18H23N3S.3C17H20N2S.C16H19N3S.CH4/c1-3-5-15-7-11-17(12-8-15)20-19(22)21-18-13-9-16(6-4-2)10-14-18;1-2-3-14-4-8-16(9-5-14)20-18(22)21-17-10-6-15(7-11-17)12-13-19;2*1-3-13-5-9-15(10-6-13)18-17(20)19-16-11-7-14(4-2)8-12-16;1-3-13-7-5-9-15(11-13)18-17(20)19-16-10-6-8-14(4-2)12-16;1-2-12-3-7-14(8-4-12)18-16(20)19-15-9-5-13(11-17)6-10-15;/h7-14H,3-6H2,1-2H3,(H2,20,21,22);4-11H,2-3,12-13,19H2,1H3,(H2,20,21,22);3*5-12H,3-4H2,1-2H3,(H2,18,19,20);3-10H,2,11,17H2,1H3,(H2,18,19,20);1H4. The van der Waals surface area contributed by atoms with Crippen LogP contribution in [0.15, 0.2) is 291 Å². The van der Waals surface area contributed by atoms with Gasteiger partial charge in [-0.1, -0.05) is 242 Å². The van der Waals surface area contributed by atoms with Crippen molar-refractivity contribution in [1.82, 2.24) is 0 Å². The first-order chi connectivity index (χ1) is 60.2.